The molecule has 0 saturated heterocycles. The van der Waals surface area contributed by atoms with Gasteiger partial charge in [-0.2, -0.15) is 0 Å². The fraction of sp³-hybridized carbons (Fsp3) is 0.417. The largest absolute Gasteiger partial charge is 0.398 e. The number of benzene rings is 1. The summed E-state index contributed by atoms with van der Waals surface area (Å²) in [6.07, 6.45) is 0.856. The maximum Gasteiger partial charge on any atom is 0.182 e. The van der Waals surface area contributed by atoms with E-state index in [2.05, 4.69) is 15.5 Å². The van der Waals surface area contributed by atoms with Gasteiger partial charge in [-0.05, 0) is 42.0 Å². The SMILES string of the molecule is CCOCCCn1nnnc1-c1ccc(Cl)c(N)c1. The lowest BCUT2D eigenvalue weighted by Gasteiger charge is -2.06. The first-order valence-corrected chi connectivity index (χ1v) is 6.49. The highest BCUT2D eigenvalue weighted by Gasteiger charge is 2.09. The second-order valence-electron chi connectivity index (χ2n) is 4.01. The summed E-state index contributed by atoms with van der Waals surface area (Å²) < 4.78 is 7.03. The minimum absolute atomic E-state index is 0.517. The molecular weight excluding hydrogens is 266 g/mol. The molecule has 19 heavy (non-hydrogen) atoms. The molecule has 1 aromatic carbocycles. The minimum Gasteiger partial charge on any atom is -0.398 e. The van der Waals surface area contributed by atoms with Crippen molar-refractivity contribution in [1.82, 2.24) is 20.2 Å². The van der Waals surface area contributed by atoms with E-state index in [0.717, 1.165) is 18.6 Å². The van der Waals surface area contributed by atoms with Gasteiger partial charge in [-0.15, -0.1) is 5.10 Å². The number of tetrazole rings is 1. The monoisotopic (exact) mass is 281 g/mol. The average molecular weight is 282 g/mol. The molecule has 2 N–H and O–H groups in total. The highest BCUT2D eigenvalue weighted by molar-refractivity contribution is 6.33. The lowest BCUT2D eigenvalue weighted by atomic mass is 10.2. The summed E-state index contributed by atoms with van der Waals surface area (Å²) in [4.78, 5) is 0. The molecule has 0 fully saturated rings. The number of hydrogen-bond donors (Lipinski definition) is 1. The Bertz CT molecular complexity index is 543. The Kier molecular flexibility index (Phi) is 4.70. The van der Waals surface area contributed by atoms with Crippen LogP contribution in [0.1, 0.15) is 13.3 Å². The van der Waals surface area contributed by atoms with Crippen molar-refractivity contribution in [3.8, 4) is 11.4 Å². The van der Waals surface area contributed by atoms with Gasteiger partial charge in [0.1, 0.15) is 0 Å². The summed E-state index contributed by atoms with van der Waals surface area (Å²) in [5.41, 5.74) is 7.15. The quantitative estimate of drug-likeness (QED) is 0.647. The summed E-state index contributed by atoms with van der Waals surface area (Å²) >= 11 is 5.90. The van der Waals surface area contributed by atoms with E-state index in [0.29, 0.717) is 29.7 Å². The summed E-state index contributed by atoms with van der Waals surface area (Å²) in [5.74, 6) is 0.680. The van der Waals surface area contributed by atoms with Crippen molar-refractivity contribution in [2.75, 3.05) is 18.9 Å². The van der Waals surface area contributed by atoms with Crippen molar-refractivity contribution in [1.29, 1.82) is 0 Å². The number of rotatable bonds is 6. The van der Waals surface area contributed by atoms with E-state index in [4.69, 9.17) is 22.1 Å². The summed E-state index contributed by atoms with van der Waals surface area (Å²) in [6.45, 7) is 4.08. The lowest BCUT2D eigenvalue weighted by molar-refractivity contribution is 0.140. The van der Waals surface area contributed by atoms with Crippen LogP contribution in [0.25, 0.3) is 11.4 Å². The van der Waals surface area contributed by atoms with Crippen molar-refractivity contribution < 1.29 is 4.74 Å². The second kappa shape index (κ2) is 6.49. The molecule has 2 rings (SSSR count). The maximum atomic E-state index is 5.90. The number of nitrogens with zero attached hydrogens (tertiary/aromatic N) is 4. The van der Waals surface area contributed by atoms with E-state index >= 15 is 0 Å². The Morgan fingerprint density at radius 2 is 2.26 bits per heavy atom. The topological polar surface area (TPSA) is 78.8 Å². The third kappa shape index (κ3) is 3.42. The number of anilines is 1. The van der Waals surface area contributed by atoms with Crippen LogP contribution in [0.2, 0.25) is 5.02 Å². The van der Waals surface area contributed by atoms with Gasteiger partial charge < -0.3 is 10.5 Å². The molecule has 0 bridgehead atoms. The van der Waals surface area contributed by atoms with Gasteiger partial charge in [-0.1, -0.05) is 11.6 Å². The van der Waals surface area contributed by atoms with Crippen molar-refractivity contribution in [2.45, 2.75) is 19.9 Å². The standard InChI is InChI=1S/C12H16ClN5O/c1-2-19-7-3-6-18-12(15-16-17-18)9-4-5-10(13)11(14)8-9/h4-5,8H,2-3,6-7,14H2,1H3. The molecule has 1 aromatic heterocycles. The zero-order chi connectivity index (χ0) is 13.7. The lowest BCUT2D eigenvalue weighted by Crippen LogP contribution is -2.06. The van der Waals surface area contributed by atoms with E-state index in [1.165, 1.54) is 0 Å². The number of halogens is 1. The first kappa shape index (κ1) is 13.8. The minimum atomic E-state index is 0.517. The summed E-state index contributed by atoms with van der Waals surface area (Å²) in [5, 5.41) is 12.2. The normalized spacial score (nSPS) is 10.8. The smallest absolute Gasteiger partial charge is 0.182 e. The van der Waals surface area contributed by atoms with Crippen molar-refractivity contribution in [3.63, 3.8) is 0 Å². The predicted molar refractivity (Wildman–Crippen MR) is 73.8 cm³/mol. The molecule has 6 nitrogen and oxygen atoms in total. The summed E-state index contributed by atoms with van der Waals surface area (Å²) in [6, 6.07) is 5.36. The Hall–Kier alpha value is -1.66. The maximum absolute atomic E-state index is 5.90. The van der Waals surface area contributed by atoms with Crippen LogP contribution >= 0.6 is 11.6 Å². The van der Waals surface area contributed by atoms with Gasteiger partial charge in [0.2, 0.25) is 0 Å². The highest BCUT2D eigenvalue weighted by atomic mass is 35.5. The van der Waals surface area contributed by atoms with E-state index in [1.807, 2.05) is 13.0 Å². The molecule has 102 valence electrons. The Morgan fingerprint density at radius 1 is 1.42 bits per heavy atom. The molecule has 0 saturated carbocycles. The van der Waals surface area contributed by atoms with E-state index in [9.17, 15) is 0 Å². The fourth-order valence-corrected chi connectivity index (χ4v) is 1.82. The molecule has 0 aliphatic rings. The first-order chi connectivity index (χ1) is 9.22. The Balaban J connectivity index is 2.12. The molecular formula is C12H16ClN5O. The third-order valence-electron chi connectivity index (χ3n) is 2.65. The van der Waals surface area contributed by atoms with Crippen LogP contribution in [-0.2, 0) is 11.3 Å². The van der Waals surface area contributed by atoms with E-state index < -0.39 is 0 Å². The zero-order valence-electron chi connectivity index (χ0n) is 10.7. The average Bonchev–Trinajstić information content (AvgIpc) is 2.86. The van der Waals surface area contributed by atoms with Crippen LogP contribution in [0.4, 0.5) is 5.69 Å². The van der Waals surface area contributed by atoms with Crippen molar-refractivity contribution in [2.24, 2.45) is 0 Å². The van der Waals surface area contributed by atoms with E-state index in [-0.39, 0.29) is 0 Å². The van der Waals surface area contributed by atoms with Crippen LogP contribution in [-0.4, -0.2) is 33.4 Å². The number of ether oxygens (including phenoxy) is 1. The van der Waals surface area contributed by atoms with Gasteiger partial charge >= 0.3 is 0 Å². The van der Waals surface area contributed by atoms with Crippen LogP contribution in [0, 0.1) is 0 Å². The third-order valence-corrected chi connectivity index (χ3v) is 2.99. The van der Waals surface area contributed by atoms with Crippen LogP contribution in [0.5, 0.6) is 0 Å². The molecule has 2 aromatic rings. The van der Waals surface area contributed by atoms with Gasteiger partial charge in [-0.25, -0.2) is 4.68 Å². The summed E-state index contributed by atoms with van der Waals surface area (Å²) in [7, 11) is 0. The molecule has 0 aliphatic heterocycles. The highest BCUT2D eigenvalue weighted by Crippen LogP contribution is 2.25. The number of nitrogen functional groups attached to an aromatic ring is 1. The molecule has 0 radical (unpaired) electrons. The van der Waals surface area contributed by atoms with Crippen molar-refractivity contribution >= 4 is 17.3 Å². The molecule has 0 atom stereocenters. The Labute approximate surface area is 116 Å². The van der Waals surface area contributed by atoms with Crippen molar-refractivity contribution in [3.05, 3.63) is 23.2 Å². The molecule has 0 aliphatic carbocycles. The van der Waals surface area contributed by atoms with E-state index in [1.54, 1.807) is 16.8 Å². The van der Waals surface area contributed by atoms with Crippen LogP contribution in [0.3, 0.4) is 0 Å². The van der Waals surface area contributed by atoms with Crippen LogP contribution < -0.4 is 5.73 Å². The van der Waals surface area contributed by atoms with Gasteiger partial charge in [0.15, 0.2) is 5.82 Å². The van der Waals surface area contributed by atoms with Crippen LogP contribution in [0.15, 0.2) is 18.2 Å². The fourth-order valence-electron chi connectivity index (χ4n) is 1.71. The number of hydrogen-bond acceptors (Lipinski definition) is 5. The predicted octanol–water partition coefficient (Wildman–Crippen LogP) is 2.00. The number of nitrogens with two attached hydrogens (primary N) is 1. The number of aryl methyl sites for hydroxylation is 1. The van der Waals surface area contributed by atoms with Gasteiger partial charge in [0, 0.05) is 25.3 Å². The molecule has 1 heterocycles. The van der Waals surface area contributed by atoms with Gasteiger partial charge in [0.25, 0.3) is 0 Å². The second-order valence-corrected chi connectivity index (χ2v) is 4.42. The van der Waals surface area contributed by atoms with Gasteiger partial charge in [0.05, 0.1) is 10.7 Å². The Morgan fingerprint density at radius 3 is 3.00 bits per heavy atom. The first-order valence-electron chi connectivity index (χ1n) is 6.11. The number of aromatic nitrogens is 4. The zero-order valence-corrected chi connectivity index (χ0v) is 11.5. The molecule has 7 heteroatoms. The molecule has 0 spiro atoms. The van der Waals surface area contributed by atoms with Gasteiger partial charge in [-0.3, -0.25) is 0 Å². The molecule has 0 unspecified atom stereocenters. The molecule has 0 amide bonds.